The molecule has 0 saturated carbocycles. The highest BCUT2D eigenvalue weighted by Gasteiger charge is 2.34. The Morgan fingerprint density at radius 1 is 1.03 bits per heavy atom. The largest absolute Gasteiger partial charge is 0.350 e. The average Bonchev–Trinajstić information content (AvgIpc) is 2.89. The summed E-state index contributed by atoms with van der Waals surface area (Å²) in [6, 6.07) is 5.64. The Kier molecular flexibility index (Phi) is 5.81. The fraction of sp³-hybridized carbons (Fsp3) is 0.500. The molecule has 2 heterocycles. The molecule has 1 N–H and O–H groups in total. The van der Waals surface area contributed by atoms with Gasteiger partial charge in [0.1, 0.15) is 4.90 Å². The molecule has 29 heavy (non-hydrogen) atoms. The van der Waals surface area contributed by atoms with Crippen LogP contribution in [0.15, 0.2) is 23.1 Å². The van der Waals surface area contributed by atoms with Crippen LogP contribution < -0.4 is 4.72 Å². The van der Waals surface area contributed by atoms with Gasteiger partial charge in [-0.2, -0.15) is 0 Å². The van der Waals surface area contributed by atoms with Crippen LogP contribution in [-0.2, 0) is 17.1 Å². The maximum Gasteiger partial charge on any atom is 0.264 e. The summed E-state index contributed by atoms with van der Waals surface area (Å²) in [5.74, 6) is 0.395. The van der Waals surface area contributed by atoms with E-state index in [1.807, 2.05) is 39.0 Å². The molecule has 158 valence electrons. The molecule has 0 unspecified atom stereocenters. The van der Waals surface area contributed by atoms with Crippen molar-refractivity contribution in [1.82, 2.24) is 9.47 Å². The number of hydrogen-bond acceptors (Lipinski definition) is 3. The number of amides is 1. The van der Waals surface area contributed by atoms with Crippen LogP contribution in [0.4, 0.5) is 5.69 Å². The van der Waals surface area contributed by atoms with Crippen LogP contribution in [0.2, 0.25) is 0 Å². The number of piperidine rings is 1. The zero-order valence-corrected chi connectivity index (χ0v) is 19.0. The number of aryl methyl sites for hydroxylation is 2. The van der Waals surface area contributed by atoms with Crippen molar-refractivity contribution >= 4 is 21.6 Å². The van der Waals surface area contributed by atoms with E-state index in [1.54, 1.807) is 23.4 Å². The Morgan fingerprint density at radius 3 is 2.14 bits per heavy atom. The highest BCUT2D eigenvalue weighted by atomic mass is 32.2. The van der Waals surface area contributed by atoms with Gasteiger partial charge in [0.05, 0.1) is 11.3 Å². The molecule has 0 aliphatic carbocycles. The molecule has 2 aromatic rings. The summed E-state index contributed by atoms with van der Waals surface area (Å²) in [5.41, 5.74) is 3.79. The second kappa shape index (κ2) is 7.86. The van der Waals surface area contributed by atoms with Crippen LogP contribution >= 0.6 is 0 Å². The lowest BCUT2D eigenvalue weighted by Gasteiger charge is -2.30. The van der Waals surface area contributed by atoms with Gasteiger partial charge in [-0.3, -0.25) is 9.52 Å². The van der Waals surface area contributed by atoms with Crippen LogP contribution in [0.5, 0.6) is 0 Å². The molecule has 0 bridgehead atoms. The van der Waals surface area contributed by atoms with Gasteiger partial charge in [-0.15, -0.1) is 0 Å². The maximum atomic E-state index is 13.5. The van der Waals surface area contributed by atoms with Crippen LogP contribution in [0.25, 0.3) is 0 Å². The van der Waals surface area contributed by atoms with Gasteiger partial charge in [-0.25, -0.2) is 8.42 Å². The molecule has 1 amide bonds. The summed E-state index contributed by atoms with van der Waals surface area (Å²) >= 11 is 0. The molecule has 1 aromatic carbocycles. The summed E-state index contributed by atoms with van der Waals surface area (Å²) in [5, 5.41) is 0. The molecule has 1 fully saturated rings. The van der Waals surface area contributed by atoms with Crippen molar-refractivity contribution in [3.8, 4) is 0 Å². The lowest BCUT2D eigenvalue weighted by atomic mass is 9.98. The van der Waals surface area contributed by atoms with Gasteiger partial charge in [0.15, 0.2) is 0 Å². The van der Waals surface area contributed by atoms with E-state index in [2.05, 4.69) is 11.6 Å². The highest BCUT2D eigenvalue weighted by molar-refractivity contribution is 7.92. The average molecular weight is 418 g/mol. The molecular weight excluding hydrogens is 386 g/mol. The van der Waals surface area contributed by atoms with Crippen LogP contribution in [-0.4, -0.2) is 36.9 Å². The lowest BCUT2D eigenvalue weighted by molar-refractivity contribution is 0.0692. The highest BCUT2D eigenvalue weighted by Crippen LogP contribution is 2.31. The zero-order valence-electron chi connectivity index (χ0n) is 18.2. The molecule has 0 atom stereocenters. The minimum atomic E-state index is -3.93. The predicted octanol–water partition coefficient (Wildman–Crippen LogP) is 3.93. The normalized spacial score (nSPS) is 15.6. The van der Waals surface area contributed by atoms with E-state index in [4.69, 9.17) is 0 Å². The van der Waals surface area contributed by atoms with Gasteiger partial charge < -0.3 is 9.47 Å². The number of hydrogen-bond donors (Lipinski definition) is 1. The minimum absolute atomic E-state index is 0.0868. The number of likely N-dealkylation sites (tertiary alicyclic amines) is 1. The molecular formula is C22H31N3O3S. The second-order valence-electron chi connectivity index (χ2n) is 8.28. The van der Waals surface area contributed by atoms with E-state index in [9.17, 15) is 13.2 Å². The first kappa shape index (κ1) is 21.4. The standard InChI is InChI=1S/C22H31N3O3S/c1-14-10-12-25(13-11-14)22(26)19-17(4)24(6)18(5)21(19)29(27,28)23-20-15(2)8-7-9-16(20)3/h7-9,14,23H,10-13H2,1-6H3. The Bertz CT molecular complexity index is 1030. The van der Waals surface area contributed by atoms with E-state index >= 15 is 0 Å². The minimum Gasteiger partial charge on any atom is -0.350 e. The Balaban J connectivity index is 2.07. The summed E-state index contributed by atoms with van der Waals surface area (Å²) in [6.07, 6.45) is 1.89. The topological polar surface area (TPSA) is 71.4 Å². The van der Waals surface area contributed by atoms with Gasteiger partial charge in [-0.1, -0.05) is 25.1 Å². The number of para-hydroxylation sites is 1. The molecule has 1 saturated heterocycles. The number of nitrogens with one attached hydrogen (secondary N) is 1. The Morgan fingerprint density at radius 2 is 1.59 bits per heavy atom. The first-order valence-corrected chi connectivity index (χ1v) is 11.6. The van der Waals surface area contributed by atoms with Gasteiger partial charge in [0.2, 0.25) is 0 Å². The maximum absolute atomic E-state index is 13.5. The molecule has 0 spiro atoms. The predicted molar refractivity (Wildman–Crippen MR) is 116 cm³/mol. The summed E-state index contributed by atoms with van der Waals surface area (Å²) in [7, 11) is -2.13. The molecule has 7 heteroatoms. The quantitative estimate of drug-likeness (QED) is 0.819. The van der Waals surface area contributed by atoms with Gasteiger partial charge in [-0.05, 0) is 57.6 Å². The summed E-state index contributed by atoms with van der Waals surface area (Å²) < 4.78 is 31.5. The van der Waals surface area contributed by atoms with Crippen molar-refractivity contribution in [3.05, 3.63) is 46.3 Å². The lowest BCUT2D eigenvalue weighted by Crippen LogP contribution is -2.38. The van der Waals surface area contributed by atoms with Crippen molar-refractivity contribution in [2.45, 2.75) is 52.4 Å². The van der Waals surface area contributed by atoms with Crippen molar-refractivity contribution in [2.24, 2.45) is 13.0 Å². The van der Waals surface area contributed by atoms with Crippen molar-refractivity contribution < 1.29 is 13.2 Å². The number of sulfonamides is 1. The number of carbonyl (C=O) groups excluding carboxylic acids is 1. The SMILES string of the molecule is Cc1cccc(C)c1NS(=O)(=O)c1c(C(=O)N2CCC(C)CC2)c(C)n(C)c1C. The van der Waals surface area contributed by atoms with Crippen molar-refractivity contribution in [3.63, 3.8) is 0 Å². The number of anilines is 1. The third kappa shape index (κ3) is 3.92. The monoisotopic (exact) mass is 417 g/mol. The van der Waals surface area contributed by atoms with Crippen LogP contribution in [0.1, 0.15) is 52.6 Å². The zero-order chi connectivity index (χ0) is 21.5. The number of benzene rings is 1. The van der Waals surface area contributed by atoms with E-state index in [-0.39, 0.29) is 10.8 Å². The summed E-state index contributed by atoms with van der Waals surface area (Å²) in [4.78, 5) is 15.2. The van der Waals surface area contributed by atoms with Crippen LogP contribution in [0.3, 0.4) is 0 Å². The first-order chi connectivity index (χ1) is 13.5. The van der Waals surface area contributed by atoms with E-state index in [1.165, 1.54) is 0 Å². The van der Waals surface area contributed by atoms with Gasteiger partial charge >= 0.3 is 0 Å². The Hall–Kier alpha value is -2.28. The van der Waals surface area contributed by atoms with Crippen molar-refractivity contribution in [1.29, 1.82) is 0 Å². The number of carbonyl (C=O) groups is 1. The second-order valence-corrected chi connectivity index (χ2v) is 9.90. The fourth-order valence-electron chi connectivity index (χ4n) is 4.03. The molecule has 1 aliphatic heterocycles. The van der Waals surface area contributed by atoms with Gasteiger partial charge in [0.25, 0.3) is 15.9 Å². The van der Waals surface area contributed by atoms with E-state index in [0.29, 0.717) is 41.6 Å². The number of nitrogens with zero attached hydrogens (tertiary/aromatic N) is 2. The first-order valence-electron chi connectivity index (χ1n) is 10.1. The summed E-state index contributed by atoms with van der Waals surface area (Å²) in [6.45, 7) is 10.8. The van der Waals surface area contributed by atoms with Gasteiger partial charge in [0, 0.05) is 31.5 Å². The molecule has 3 rings (SSSR count). The third-order valence-corrected chi connectivity index (χ3v) is 7.70. The molecule has 6 nitrogen and oxygen atoms in total. The number of rotatable bonds is 4. The van der Waals surface area contributed by atoms with Crippen molar-refractivity contribution in [2.75, 3.05) is 17.8 Å². The fourth-order valence-corrected chi connectivity index (χ4v) is 5.75. The van der Waals surface area contributed by atoms with Crippen LogP contribution in [0, 0.1) is 33.6 Å². The van der Waals surface area contributed by atoms with E-state index < -0.39 is 10.0 Å². The molecule has 1 aliphatic rings. The smallest absolute Gasteiger partial charge is 0.264 e. The Labute approximate surface area is 174 Å². The van der Waals surface area contributed by atoms with E-state index in [0.717, 1.165) is 24.0 Å². The third-order valence-electron chi connectivity index (χ3n) is 6.19. The molecule has 0 radical (unpaired) electrons. The number of aromatic nitrogens is 1. The molecule has 1 aromatic heterocycles.